The van der Waals surface area contributed by atoms with E-state index in [0.29, 0.717) is 16.3 Å². The minimum atomic E-state index is -0.278. The molecule has 1 aliphatic rings. The van der Waals surface area contributed by atoms with Crippen molar-refractivity contribution in [3.05, 3.63) is 64.6 Å². The maximum absolute atomic E-state index is 12.7. The molecular formula is C18H16N2O2S. The zero-order chi connectivity index (χ0) is 16.6. The van der Waals surface area contributed by atoms with Crippen molar-refractivity contribution in [1.82, 2.24) is 0 Å². The average molecular weight is 324 g/mol. The van der Waals surface area contributed by atoms with Gasteiger partial charge in [0.25, 0.3) is 11.1 Å². The standard InChI is InChI=1S/C18H16N2O2S/c1-11-4-3-5-15(10-11)20-17(21)16(23-18(20)22)12(2)13-6-8-14(19)9-7-13/h3-10H,19H2,1-2H3/b16-12-. The van der Waals surface area contributed by atoms with E-state index in [0.717, 1.165) is 28.5 Å². The molecule has 2 aromatic rings. The van der Waals surface area contributed by atoms with Gasteiger partial charge in [0.2, 0.25) is 0 Å². The summed E-state index contributed by atoms with van der Waals surface area (Å²) in [6.07, 6.45) is 0. The molecule has 2 aromatic carbocycles. The van der Waals surface area contributed by atoms with Crippen LogP contribution < -0.4 is 10.6 Å². The number of hydrogen-bond donors (Lipinski definition) is 1. The van der Waals surface area contributed by atoms with Crippen molar-refractivity contribution in [2.24, 2.45) is 0 Å². The van der Waals surface area contributed by atoms with Gasteiger partial charge in [-0.2, -0.15) is 0 Å². The second kappa shape index (κ2) is 5.93. The SMILES string of the molecule is C/C(=C1/SC(=O)N(c2cccc(C)c2)C1=O)c1ccc(N)cc1. The molecule has 0 aliphatic carbocycles. The van der Waals surface area contributed by atoms with Crippen LogP contribution in [-0.4, -0.2) is 11.1 Å². The molecule has 2 amide bonds. The fraction of sp³-hybridized carbons (Fsp3) is 0.111. The van der Waals surface area contributed by atoms with E-state index in [-0.39, 0.29) is 11.1 Å². The minimum Gasteiger partial charge on any atom is -0.399 e. The summed E-state index contributed by atoms with van der Waals surface area (Å²) in [6.45, 7) is 3.77. The molecule has 116 valence electrons. The van der Waals surface area contributed by atoms with Crippen LogP contribution >= 0.6 is 11.8 Å². The van der Waals surface area contributed by atoms with Crippen LogP contribution in [0.3, 0.4) is 0 Å². The number of nitrogens with zero attached hydrogens (tertiary/aromatic N) is 1. The highest BCUT2D eigenvalue weighted by Gasteiger charge is 2.37. The molecule has 1 fully saturated rings. The van der Waals surface area contributed by atoms with Gasteiger partial charge in [-0.25, -0.2) is 4.90 Å². The second-order valence-electron chi connectivity index (χ2n) is 5.42. The van der Waals surface area contributed by atoms with Crippen LogP contribution in [0.5, 0.6) is 0 Å². The molecule has 1 aliphatic heterocycles. The van der Waals surface area contributed by atoms with Crippen LogP contribution in [0.25, 0.3) is 5.57 Å². The Balaban J connectivity index is 2.00. The molecule has 0 spiro atoms. The number of carbonyl (C=O) groups excluding carboxylic acids is 2. The van der Waals surface area contributed by atoms with Gasteiger partial charge in [-0.05, 0) is 66.6 Å². The summed E-state index contributed by atoms with van der Waals surface area (Å²) in [4.78, 5) is 26.7. The van der Waals surface area contributed by atoms with E-state index in [1.54, 1.807) is 18.2 Å². The number of benzene rings is 2. The summed E-state index contributed by atoms with van der Waals surface area (Å²) in [5, 5.41) is -0.273. The van der Waals surface area contributed by atoms with E-state index in [1.807, 2.05) is 44.2 Å². The van der Waals surface area contributed by atoms with Crippen LogP contribution in [0.2, 0.25) is 0 Å². The Hall–Kier alpha value is -2.53. The number of imide groups is 1. The number of anilines is 2. The normalized spacial score (nSPS) is 16.9. The number of aryl methyl sites for hydroxylation is 1. The molecule has 0 aromatic heterocycles. The van der Waals surface area contributed by atoms with Crippen molar-refractivity contribution < 1.29 is 9.59 Å². The fourth-order valence-corrected chi connectivity index (χ4v) is 3.36. The molecule has 2 N–H and O–H groups in total. The molecule has 0 bridgehead atoms. The topological polar surface area (TPSA) is 63.4 Å². The lowest BCUT2D eigenvalue weighted by atomic mass is 10.1. The van der Waals surface area contributed by atoms with E-state index in [2.05, 4.69) is 0 Å². The van der Waals surface area contributed by atoms with Crippen molar-refractivity contribution in [1.29, 1.82) is 0 Å². The molecule has 1 heterocycles. The number of nitrogen functional groups attached to an aromatic ring is 1. The van der Waals surface area contributed by atoms with Gasteiger partial charge in [0.15, 0.2) is 0 Å². The largest absolute Gasteiger partial charge is 0.399 e. The van der Waals surface area contributed by atoms with Gasteiger partial charge >= 0.3 is 0 Å². The lowest BCUT2D eigenvalue weighted by Crippen LogP contribution is -2.27. The molecule has 5 heteroatoms. The zero-order valence-corrected chi connectivity index (χ0v) is 13.7. The third-order valence-corrected chi connectivity index (χ3v) is 4.76. The summed E-state index contributed by atoms with van der Waals surface area (Å²) in [5.74, 6) is -0.278. The van der Waals surface area contributed by atoms with Gasteiger partial charge in [0.1, 0.15) is 0 Å². The molecule has 4 nitrogen and oxygen atoms in total. The Kier molecular flexibility index (Phi) is 3.96. The Labute approximate surface area is 139 Å². The highest BCUT2D eigenvalue weighted by atomic mass is 32.2. The maximum Gasteiger partial charge on any atom is 0.298 e. The molecule has 1 saturated heterocycles. The Morgan fingerprint density at radius 1 is 1.09 bits per heavy atom. The Morgan fingerprint density at radius 3 is 2.43 bits per heavy atom. The van der Waals surface area contributed by atoms with Gasteiger partial charge in [-0.1, -0.05) is 24.3 Å². The third kappa shape index (κ3) is 2.87. The van der Waals surface area contributed by atoms with Crippen LogP contribution in [0.1, 0.15) is 18.1 Å². The van der Waals surface area contributed by atoms with Crippen molar-refractivity contribution in [2.75, 3.05) is 10.6 Å². The second-order valence-corrected chi connectivity index (χ2v) is 6.39. The van der Waals surface area contributed by atoms with Gasteiger partial charge in [-0.15, -0.1) is 0 Å². The van der Waals surface area contributed by atoms with Gasteiger partial charge < -0.3 is 5.73 Å². The van der Waals surface area contributed by atoms with Crippen molar-refractivity contribution in [3.8, 4) is 0 Å². The Bertz CT molecular complexity index is 825. The van der Waals surface area contributed by atoms with Crippen molar-refractivity contribution in [2.45, 2.75) is 13.8 Å². The quantitative estimate of drug-likeness (QED) is 0.664. The molecule has 0 atom stereocenters. The molecule has 0 radical (unpaired) electrons. The monoisotopic (exact) mass is 324 g/mol. The number of hydrogen-bond acceptors (Lipinski definition) is 4. The highest BCUT2D eigenvalue weighted by molar-refractivity contribution is 8.19. The number of carbonyl (C=O) groups is 2. The highest BCUT2D eigenvalue weighted by Crippen LogP contribution is 2.39. The van der Waals surface area contributed by atoms with Gasteiger partial charge in [0.05, 0.1) is 10.6 Å². The van der Waals surface area contributed by atoms with Crippen LogP contribution in [0.4, 0.5) is 16.2 Å². The predicted octanol–water partition coefficient (Wildman–Crippen LogP) is 4.21. The summed E-state index contributed by atoms with van der Waals surface area (Å²) in [7, 11) is 0. The van der Waals surface area contributed by atoms with Crippen LogP contribution in [-0.2, 0) is 4.79 Å². The zero-order valence-electron chi connectivity index (χ0n) is 12.9. The van der Waals surface area contributed by atoms with Crippen LogP contribution in [0, 0.1) is 6.92 Å². The molecule has 23 heavy (non-hydrogen) atoms. The van der Waals surface area contributed by atoms with E-state index >= 15 is 0 Å². The van der Waals surface area contributed by atoms with E-state index < -0.39 is 0 Å². The van der Waals surface area contributed by atoms with Gasteiger partial charge in [-0.3, -0.25) is 9.59 Å². The first-order chi connectivity index (χ1) is 11.0. The first-order valence-electron chi connectivity index (χ1n) is 7.17. The van der Waals surface area contributed by atoms with Crippen molar-refractivity contribution >= 4 is 39.9 Å². The molecule has 3 rings (SSSR count). The molecule has 0 saturated carbocycles. The number of allylic oxidation sites excluding steroid dienone is 1. The lowest BCUT2D eigenvalue weighted by molar-refractivity contribution is -0.113. The number of nitrogens with two attached hydrogens (primary N) is 1. The predicted molar refractivity (Wildman–Crippen MR) is 95.1 cm³/mol. The van der Waals surface area contributed by atoms with E-state index in [9.17, 15) is 9.59 Å². The van der Waals surface area contributed by atoms with Crippen molar-refractivity contribution in [3.63, 3.8) is 0 Å². The average Bonchev–Trinajstić information content (AvgIpc) is 2.82. The Morgan fingerprint density at radius 2 is 1.78 bits per heavy atom. The van der Waals surface area contributed by atoms with Gasteiger partial charge in [0, 0.05) is 5.69 Å². The van der Waals surface area contributed by atoms with E-state index in [4.69, 9.17) is 5.73 Å². The maximum atomic E-state index is 12.7. The van der Waals surface area contributed by atoms with E-state index in [1.165, 1.54) is 4.90 Å². The fourth-order valence-electron chi connectivity index (χ4n) is 2.45. The number of rotatable bonds is 2. The number of amides is 2. The summed E-state index contributed by atoms with van der Waals surface area (Å²) in [6, 6.07) is 14.6. The summed E-state index contributed by atoms with van der Waals surface area (Å²) >= 11 is 0.975. The minimum absolute atomic E-state index is 0.273. The molecular weight excluding hydrogens is 308 g/mol. The summed E-state index contributed by atoms with van der Waals surface area (Å²) < 4.78 is 0. The number of thioether (sulfide) groups is 1. The first kappa shape index (κ1) is 15.4. The third-order valence-electron chi connectivity index (χ3n) is 3.71. The first-order valence-corrected chi connectivity index (χ1v) is 7.99. The lowest BCUT2D eigenvalue weighted by Gasteiger charge is -2.13. The van der Waals surface area contributed by atoms with Crippen LogP contribution in [0.15, 0.2) is 53.4 Å². The summed E-state index contributed by atoms with van der Waals surface area (Å²) in [5.41, 5.74) is 9.62. The molecule has 0 unspecified atom stereocenters. The smallest absolute Gasteiger partial charge is 0.298 e.